The molecule has 0 amide bonds. The number of hydrogen-bond acceptors (Lipinski definition) is 2. The number of aromatic nitrogens is 3. The Kier molecular flexibility index (Phi) is 6.53. The van der Waals surface area contributed by atoms with Gasteiger partial charge < -0.3 is 19.4 Å². The highest BCUT2D eigenvalue weighted by atomic mass is 15.1. The number of para-hydroxylation sites is 5. The summed E-state index contributed by atoms with van der Waals surface area (Å²) in [6, 6.07) is 55.8. The van der Waals surface area contributed by atoms with E-state index in [1.54, 1.807) is 0 Å². The molecule has 0 saturated carbocycles. The SMILES string of the molecule is N#Cc1c(-n2c3c(c4ccccc42)CCC=C3)c(-c2ccccc2)c(-n2c3ccccc3c3ccccc32)c(N)c1-n1c2ccccc2c2ccccc21. The maximum atomic E-state index is 11.7. The van der Waals surface area contributed by atoms with E-state index in [4.69, 9.17) is 5.73 Å². The van der Waals surface area contributed by atoms with Crippen LogP contribution in [-0.4, -0.2) is 13.7 Å². The molecule has 11 rings (SSSR count). The van der Waals surface area contributed by atoms with Gasteiger partial charge in [-0.05, 0) is 60.4 Å². The van der Waals surface area contributed by atoms with E-state index in [0.717, 1.165) is 90.2 Å². The molecular weight excluding hydrogens is 659 g/mol. The number of nitrogens with two attached hydrogens (primary N) is 1. The number of anilines is 1. The zero-order chi connectivity index (χ0) is 35.9. The molecule has 5 nitrogen and oxygen atoms in total. The fourth-order valence-corrected chi connectivity index (χ4v) is 9.16. The van der Waals surface area contributed by atoms with Crippen molar-refractivity contribution in [3.8, 4) is 34.3 Å². The van der Waals surface area contributed by atoms with Crippen molar-refractivity contribution in [3.05, 3.63) is 175 Å². The molecule has 0 bridgehead atoms. The predicted octanol–water partition coefficient (Wildman–Crippen LogP) is 11.9. The summed E-state index contributed by atoms with van der Waals surface area (Å²) in [6.07, 6.45) is 6.39. The minimum Gasteiger partial charge on any atom is -0.395 e. The largest absolute Gasteiger partial charge is 0.395 e. The summed E-state index contributed by atoms with van der Waals surface area (Å²) < 4.78 is 6.90. The third kappa shape index (κ3) is 4.08. The summed E-state index contributed by atoms with van der Waals surface area (Å²) >= 11 is 0. The molecule has 1 aliphatic carbocycles. The zero-order valence-electron chi connectivity index (χ0n) is 29.4. The molecule has 3 aromatic heterocycles. The third-order valence-corrected chi connectivity index (χ3v) is 11.3. The van der Waals surface area contributed by atoms with Crippen LogP contribution in [0.2, 0.25) is 0 Å². The summed E-state index contributed by atoms with van der Waals surface area (Å²) in [5.74, 6) is 0. The first-order chi connectivity index (χ1) is 26.7. The van der Waals surface area contributed by atoms with Crippen LogP contribution in [-0.2, 0) is 6.42 Å². The summed E-state index contributed by atoms with van der Waals surface area (Å²) in [6.45, 7) is 0. The topological polar surface area (TPSA) is 64.6 Å². The highest BCUT2D eigenvalue weighted by Crippen LogP contribution is 2.50. The maximum Gasteiger partial charge on any atom is 0.104 e. The lowest BCUT2D eigenvalue weighted by molar-refractivity contribution is 0.964. The van der Waals surface area contributed by atoms with Crippen molar-refractivity contribution in [2.24, 2.45) is 0 Å². The number of benzene rings is 7. The average molecular weight is 692 g/mol. The molecule has 3 heterocycles. The average Bonchev–Trinajstić information content (AvgIpc) is 3.87. The van der Waals surface area contributed by atoms with Gasteiger partial charge in [0.15, 0.2) is 0 Å². The maximum absolute atomic E-state index is 11.7. The standard InChI is InChI=1S/C49H33N5/c50-30-38-47(52-39-24-10-4-18-32(39)33-19-5-11-25-40(33)52)45(31-16-2-1-3-17-31)49(54-43-28-14-8-22-36(43)37-23-9-15-29-44(37)54)46(51)48(38)53-41-26-12-6-20-34(41)35-21-7-13-27-42(35)53/h1-4,6-18,20-29H,5,19,51H2. The minimum absolute atomic E-state index is 0.518. The van der Waals surface area contributed by atoms with Gasteiger partial charge in [0.05, 0.1) is 50.3 Å². The number of fused-ring (bicyclic) bond motifs is 9. The van der Waals surface area contributed by atoms with Crippen LogP contribution >= 0.6 is 0 Å². The summed E-state index contributed by atoms with van der Waals surface area (Å²) in [5, 5.41) is 17.4. The lowest BCUT2D eigenvalue weighted by atomic mass is 9.93. The highest BCUT2D eigenvalue weighted by Gasteiger charge is 2.32. The molecule has 1 aliphatic rings. The molecule has 0 unspecified atom stereocenters. The van der Waals surface area contributed by atoms with Crippen molar-refractivity contribution < 1.29 is 0 Å². The van der Waals surface area contributed by atoms with Gasteiger partial charge in [-0.15, -0.1) is 0 Å². The van der Waals surface area contributed by atoms with E-state index in [1.165, 1.54) is 10.9 Å². The summed E-state index contributed by atoms with van der Waals surface area (Å²) in [4.78, 5) is 0. The Bertz CT molecular complexity index is 3130. The van der Waals surface area contributed by atoms with Crippen LogP contribution in [0.1, 0.15) is 23.2 Å². The molecular formula is C49H33N5. The lowest BCUT2D eigenvalue weighted by Crippen LogP contribution is -2.15. The lowest BCUT2D eigenvalue weighted by Gasteiger charge is -2.27. The fourth-order valence-electron chi connectivity index (χ4n) is 9.16. The Labute approximate surface area is 311 Å². The van der Waals surface area contributed by atoms with Crippen molar-refractivity contribution in [1.82, 2.24) is 13.7 Å². The van der Waals surface area contributed by atoms with Crippen LogP contribution in [0.15, 0.2) is 158 Å². The van der Waals surface area contributed by atoms with Gasteiger partial charge in [0, 0.05) is 38.2 Å². The first-order valence-electron chi connectivity index (χ1n) is 18.5. The number of rotatable bonds is 4. The highest BCUT2D eigenvalue weighted by molar-refractivity contribution is 6.14. The van der Waals surface area contributed by atoms with Crippen LogP contribution in [0.4, 0.5) is 5.69 Å². The monoisotopic (exact) mass is 691 g/mol. The van der Waals surface area contributed by atoms with Crippen molar-refractivity contribution in [3.63, 3.8) is 0 Å². The number of allylic oxidation sites excluding steroid dienone is 1. The molecule has 254 valence electrons. The van der Waals surface area contributed by atoms with Gasteiger partial charge in [0.25, 0.3) is 0 Å². The van der Waals surface area contributed by atoms with Gasteiger partial charge in [0.1, 0.15) is 11.6 Å². The van der Waals surface area contributed by atoms with E-state index < -0.39 is 0 Å². The van der Waals surface area contributed by atoms with Crippen molar-refractivity contribution in [2.45, 2.75) is 12.8 Å². The second kappa shape index (κ2) is 11.6. The molecule has 0 spiro atoms. The minimum atomic E-state index is 0.518. The Morgan fingerprint density at radius 2 is 0.926 bits per heavy atom. The third-order valence-electron chi connectivity index (χ3n) is 11.3. The van der Waals surface area contributed by atoms with Gasteiger partial charge in [-0.2, -0.15) is 5.26 Å². The first-order valence-corrected chi connectivity index (χ1v) is 18.5. The van der Waals surface area contributed by atoms with E-state index in [9.17, 15) is 5.26 Å². The Morgan fingerprint density at radius 1 is 0.481 bits per heavy atom. The second-order valence-electron chi connectivity index (χ2n) is 14.1. The molecule has 0 radical (unpaired) electrons. The van der Waals surface area contributed by atoms with Crippen LogP contribution in [0.5, 0.6) is 0 Å². The van der Waals surface area contributed by atoms with E-state index in [2.05, 4.69) is 178 Å². The molecule has 54 heavy (non-hydrogen) atoms. The van der Waals surface area contributed by atoms with Crippen LogP contribution < -0.4 is 5.73 Å². The van der Waals surface area contributed by atoms with E-state index in [0.29, 0.717) is 16.9 Å². The zero-order valence-corrected chi connectivity index (χ0v) is 29.4. The van der Waals surface area contributed by atoms with Gasteiger partial charge in [-0.1, -0.05) is 127 Å². The first kappa shape index (κ1) is 30.3. The van der Waals surface area contributed by atoms with Crippen molar-refractivity contribution in [2.75, 3.05) is 5.73 Å². The summed E-state index contributed by atoms with van der Waals surface area (Å²) in [5.41, 5.74) is 20.6. The number of nitrogens with zero attached hydrogens (tertiary/aromatic N) is 4. The van der Waals surface area contributed by atoms with E-state index in [-0.39, 0.29) is 0 Å². The molecule has 0 fully saturated rings. The molecule has 0 saturated heterocycles. The molecule has 5 heteroatoms. The molecule has 10 aromatic rings. The van der Waals surface area contributed by atoms with Gasteiger partial charge >= 0.3 is 0 Å². The summed E-state index contributed by atoms with van der Waals surface area (Å²) in [7, 11) is 0. The molecule has 0 aliphatic heterocycles. The Hall–Kier alpha value is -7.29. The van der Waals surface area contributed by atoms with Gasteiger partial charge in [-0.3, -0.25) is 0 Å². The quantitative estimate of drug-likeness (QED) is 0.187. The van der Waals surface area contributed by atoms with Crippen molar-refractivity contribution >= 4 is 66.3 Å². The molecule has 7 aromatic carbocycles. The number of aryl methyl sites for hydroxylation is 1. The molecule has 2 N–H and O–H groups in total. The van der Waals surface area contributed by atoms with Gasteiger partial charge in [0.2, 0.25) is 0 Å². The second-order valence-corrected chi connectivity index (χ2v) is 14.1. The van der Waals surface area contributed by atoms with Crippen LogP contribution in [0, 0.1) is 11.3 Å². The van der Waals surface area contributed by atoms with Crippen molar-refractivity contribution in [1.29, 1.82) is 5.26 Å². The fraction of sp³-hybridized carbons (Fsp3) is 0.0408. The van der Waals surface area contributed by atoms with E-state index in [1.807, 2.05) is 6.07 Å². The predicted molar refractivity (Wildman–Crippen MR) is 224 cm³/mol. The smallest absolute Gasteiger partial charge is 0.104 e. The molecule has 0 atom stereocenters. The Balaban J connectivity index is 1.45. The van der Waals surface area contributed by atoms with Crippen LogP contribution in [0.3, 0.4) is 0 Å². The normalized spacial score (nSPS) is 12.6. The van der Waals surface area contributed by atoms with Crippen LogP contribution in [0.25, 0.3) is 88.8 Å². The van der Waals surface area contributed by atoms with Gasteiger partial charge in [-0.25, -0.2) is 0 Å². The van der Waals surface area contributed by atoms with E-state index >= 15 is 0 Å². The number of nitriles is 1. The number of hydrogen-bond donors (Lipinski definition) is 1. The Morgan fingerprint density at radius 3 is 1.44 bits per heavy atom. The number of nitrogen functional groups attached to an aromatic ring is 1.